The van der Waals surface area contributed by atoms with E-state index in [1.54, 1.807) is 0 Å². The molecule has 0 spiro atoms. The fourth-order valence-corrected chi connectivity index (χ4v) is 4.03. The Kier molecular flexibility index (Phi) is 9.19. The van der Waals surface area contributed by atoms with Gasteiger partial charge in [-0.3, -0.25) is 4.99 Å². The summed E-state index contributed by atoms with van der Waals surface area (Å²) >= 11 is 0. The van der Waals surface area contributed by atoms with Crippen molar-refractivity contribution in [2.24, 2.45) is 4.99 Å². The monoisotopic (exact) mass is 407 g/mol. The topological polar surface area (TPSA) is 42.9 Å². The summed E-state index contributed by atoms with van der Waals surface area (Å²) in [5, 5.41) is 7.06. The number of aliphatic imine (C=N–C) groups is 1. The van der Waals surface area contributed by atoms with Gasteiger partial charge in [0.15, 0.2) is 5.96 Å². The van der Waals surface area contributed by atoms with Gasteiger partial charge >= 0.3 is 0 Å². The summed E-state index contributed by atoms with van der Waals surface area (Å²) in [5.74, 6) is 1.28. The zero-order chi connectivity index (χ0) is 21.0. The zero-order valence-corrected chi connectivity index (χ0v) is 18.6. The number of likely N-dealkylation sites (N-methyl/N-ethyl adjacent to an activating group) is 1. The van der Waals surface area contributed by atoms with Crippen LogP contribution in [0, 0.1) is 0 Å². The van der Waals surface area contributed by atoms with Crippen molar-refractivity contribution in [2.75, 3.05) is 59.9 Å². The number of hydrogen-bond donors (Lipinski definition) is 2. The number of benzene rings is 2. The van der Waals surface area contributed by atoms with Crippen LogP contribution < -0.4 is 10.6 Å². The largest absolute Gasteiger partial charge is 0.356 e. The van der Waals surface area contributed by atoms with Crippen molar-refractivity contribution in [1.29, 1.82) is 0 Å². The Morgan fingerprint density at radius 2 is 1.67 bits per heavy atom. The van der Waals surface area contributed by atoms with Crippen LogP contribution in [-0.4, -0.2) is 75.7 Å². The maximum atomic E-state index is 4.44. The molecule has 0 bridgehead atoms. The molecule has 2 aromatic carbocycles. The van der Waals surface area contributed by atoms with Crippen LogP contribution in [0.4, 0.5) is 0 Å². The molecule has 30 heavy (non-hydrogen) atoms. The van der Waals surface area contributed by atoms with Crippen LogP contribution in [0.3, 0.4) is 0 Å². The summed E-state index contributed by atoms with van der Waals surface area (Å²) in [4.78, 5) is 9.41. The minimum Gasteiger partial charge on any atom is -0.356 e. The molecule has 0 aliphatic carbocycles. The second-order valence-electron chi connectivity index (χ2n) is 8.18. The molecule has 1 saturated heterocycles. The number of hydrogen-bond acceptors (Lipinski definition) is 3. The van der Waals surface area contributed by atoms with Gasteiger partial charge in [-0.05, 0) is 44.1 Å². The normalized spacial score (nSPS) is 17.3. The van der Waals surface area contributed by atoms with E-state index in [1.165, 1.54) is 30.6 Å². The van der Waals surface area contributed by atoms with Gasteiger partial charge in [0.2, 0.25) is 0 Å². The highest BCUT2D eigenvalue weighted by Gasteiger charge is 2.14. The molecular formula is C25H37N5. The van der Waals surface area contributed by atoms with Crippen molar-refractivity contribution >= 4 is 5.96 Å². The van der Waals surface area contributed by atoms with Gasteiger partial charge in [-0.2, -0.15) is 0 Å². The number of nitrogens with zero attached hydrogens (tertiary/aromatic N) is 3. The lowest BCUT2D eigenvalue weighted by Gasteiger charge is -2.22. The molecule has 5 nitrogen and oxygen atoms in total. The predicted molar refractivity (Wildman–Crippen MR) is 127 cm³/mol. The molecule has 0 saturated carbocycles. The van der Waals surface area contributed by atoms with E-state index in [0.717, 1.165) is 45.1 Å². The van der Waals surface area contributed by atoms with E-state index in [9.17, 15) is 0 Å². The quantitative estimate of drug-likeness (QED) is 0.522. The third-order valence-electron chi connectivity index (χ3n) is 5.87. The maximum Gasteiger partial charge on any atom is 0.191 e. The Morgan fingerprint density at radius 1 is 0.933 bits per heavy atom. The molecule has 5 heteroatoms. The minimum absolute atomic E-state index is 0.397. The molecule has 0 aromatic heterocycles. The first kappa shape index (κ1) is 22.3. The average molecular weight is 408 g/mol. The van der Waals surface area contributed by atoms with Crippen LogP contribution in [0.1, 0.15) is 23.5 Å². The van der Waals surface area contributed by atoms with Crippen molar-refractivity contribution in [1.82, 2.24) is 20.4 Å². The van der Waals surface area contributed by atoms with Crippen molar-refractivity contribution in [3.63, 3.8) is 0 Å². The van der Waals surface area contributed by atoms with E-state index >= 15 is 0 Å². The van der Waals surface area contributed by atoms with Gasteiger partial charge in [0.1, 0.15) is 0 Å². The van der Waals surface area contributed by atoms with E-state index in [1.807, 2.05) is 7.05 Å². The Labute approximate surface area is 182 Å². The molecule has 2 aromatic rings. The lowest BCUT2D eigenvalue weighted by molar-refractivity contribution is 0.280. The molecular weight excluding hydrogens is 370 g/mol. The molecule has 1 aliphatic heterocycles. The molecule has 1 unspecified atom stereocenters. The van der Waals surface area contributed by atoms with Crippen LogP contribution in [0.2, 0.25) is 0 Å². The predicted octanol–water partition coefficient (Wildman–Crippen LogP) is 2.82. The number of rotatable bonds is 8. The Bertz CT molecular complexity index is 747. The van der Waals surface area contributed by atoms with Gasteiger partial charge in [0.05, 0.1) is 0 Å². The fourth-order valence-electron chi connectivity index (χ4n) is 4.03. The Morgan fingerprint density at radius 3 is 2.40 bits per heavy atom. The van der Waals surface area contributed by atoms with Crippen molar-refractivity contribution < 1.29 is 0 Å². The molecule has 0 radical (unpaired) electrons. The van der Waals surface area contributed by atoms with Crippen LogP contribution in [0.5, 0.6) is 0 Å². The standard InChI is InChI=1S/C25H37N5/c1-26-25(27-14-17-30-16-9-15-29(2)18-19-30)28-21-24(23-12-7-4-8-13-23)20-22-10-5-3-6-11-22/h3-8,10-13,24H,9,14-21H2,1-2H3,(H2,26,27,28). The third-order valence-corrected chi connectivity index (χ3v) is 5.87. The fraction of sp³-hybridized carbons (Fsp3) is 0.480. The highest BCUT2D eigenvalue weighted by atomic mass is 15.2. The third kappa shape index (κ3) is 7.47. The molecule has 2 N–H and O–H groups in total. The second-order valence-corrected chi connectivity index (χ2v) is 8.18. The SMILES string of the molecule is CN=C(NCCN1CCCN(C)CC1)NCC(Cc1ccccc1)c1ccccc1. The number of guanidine groups is 1. The first-order chi connectivity index (χ1) is 14.7. The van der Waals surface area contributed by atoms with Crippen LogP contribution in [-0.2, 0) is 6.42 Å². The summed E-state index contributed by atoms with van der Waals surface area (Å²) in [6.45, 7) is 7.52. The average Bonchev–Trinajstić information content (AvgIpc) is 3.00. The van der Waals surface area contributed by atoms with Crippen molar-refractivity contribution in [3.05, 3.63) is 71.8 Å². The zero-order valence-electron chi connectivity index (χ0n) is 18.6. The molecule has 1 heterocycles. The summed E-state index contributed by atoms with van der Waals surface area (Å²) < 4.78 is 0. The van der Waals surface area contributed by atoms with Crippen LogP contribution in [0.15, 0.2) is 65.7 Å². The van der Waals surface area contributed by atoms with E-state index in [2.05, 4.69) is 93.1 Å². The lowest BCUT2D eigenvalue weighted by atomic mass is 9.92. The van der Waals surface area contributed by atoms with Crippen LogP contribution in [0.25, 0.3) is 0 Å². The molecule has 3 rings (SSSR count). The molecule has 0 amide bonds. The molecule has 1 fully saturated rings. The molecule has 162 valence electrons. The second kappa shape index (κ2) is 12.4. The van der Waals surface area contributed by atoms with Crippen molar-refractivity contribution in [3.8, 4) is 0 Å². The summed E-state index contributed by atoms with van der Waals surface area (Å²) in [6.07, 6.45) is 2.26. The first-order valence-corrected chi connectivity index (χ1v) is 11.2. The summed E-state index contributed by atoms with van der Waals surface area (Å²) in [7, 11) is 4.07. The lowest BCUT2D eigenvalue weighted by Crippen LogP contribution is -2.43. The van der Waals surface area contributed by atoms with E-state index < -0.39 is 0 Å². The van der Waals surface area contributed by atoms with Crippen LogP contribution >= 0.6 is 0 Å². The summed E-state index contributed by atoms with van der Waals surface area (Å²) in [6, 6.07) is 21.5. The molecule has 1 aliphatic rings. The Hall–Kier alpha value is -2.37. The highest BCUT2D eigenvalue weighted by molar-refractivity contribution is 5.79. The summed E-state index contributed by atoms with van der Waals surface area (Å²) in [5.41, 5.74) is 2.72. The van der Waals surface area contributed by atoms with Gasteiger partial charge in [0, 0.05) is 45.7 Å². The van der Waals surface area contributed by atoms with E-state index in [4.69, 9.17) is 0 Å². The van der Waals surface area contributed by atoms with Gasteiger partial charge in [-0.25, -0.2) is 0 Å². The van der Waals surface area contributed by atoms with E-state index in [0.29, 0.717) is 5.92 Å². The van der Waals surface area contributed by atoms with Crippen molar-refractivity contribution in [2.45, 2.75) is 18.8 Å². The van der Waals surface area contributed by atoms with E-state index in [-0.39, 0.29) is 0 Å². The minimum atomic E-state index is 0.397. The van der Waals surface area contributed by atoms with Gasteiger partial charge in [-0.15, -0.1) is 0 Å². The molecule has 1 atom stereocenters. The number of nitrogens with one attached hydrogen (secondary N) is 2. The highest BCUT2D eigenvalue weighted by Crippen LogP contribution is 2.20. The van der Waals surface area contributed by atoms with Gasteiger partial charge in [0.25, 0.3) is 0 Å². The van der Waals surface area contributed by atoms with Gasteiger partial charge < -0.3 is 20.4 Å². The van der Waals surface area contributed by atoms with Gasteiger partial charge in [-0.1, -0.05) is 60.7 Å². The smallest absolute Gasteiger partial charge is 0.191 e. The Balaban J connectivity index is 1.50. The first-order valence-electron chi connectivity index (χ1n) is 11.2. The maximum absolute atomic E-state index is 4.44.